The lowest BCUT2D eigenvalue weighted by Crippen LogP contribution is -2.29. The largest absolute Gasteiger partial charge is 0.452 e. The third kappa shape index (κ3) is 5.13. The van der Waals surface area contributed by atoms with Gasteiger partial charge >= 0.3 is 5.97 Å². The van der Waals surface area contributed by atoms with Crippen LogP contribution < -0.4 is 5.32 Å². The first-order valence-corrected chi connectivity index (χ1v) is 9.25. The summed E-state index contributed by atoms with van der Waals surface area (Å²) in [6.07, 6.45) is 1.71. The fourth-order valence-electron chi connectivity index (χ4n) is 2.79. The van der Waals surface area contributed by atoms with Crippen LogP contribution in [0.5, 0.6) is 0 Å². The Bertz CT molecular complexity index is 987. The Hall–Kier alpha value is -3.28. The number of amides is 1. The molecule has 0 saturated heterocycles. The molecule has 0 fully saturated rings. The Morgan fingerprint density at radius 2 is 1.68 bits per heavy atom. The maximum atomic E-state index is 12.2. The van der Waals surface area contributed by atoms with Gasteiger partial charge in [0.15, 0.2) is 6.61 Å². The number of carbonyl (C=O) groups is 2. The lowest BCUT2D eigenvalue weighted by molar-refractivity contribution is -0.124. The number of hydrogen-bond donors (Lipinski definition) is 1. The van der Waals surface area contributed by atoms with Crippen LogP contribution in [0.15, 0.2) is 48.5 Å². The van der Waals surface area contributed by atoms with Crippen molar-refractivity contribution in [3.63, 3.8) is 0 Å². The third-order valence-electron chi connectivity index (χ3n) is 4.45. The number of fused-ring (bicyclic) bond motifs is 1. The Morgan fingerprint density at radius 3 is 2.43 bits per heavy atom. The van der Waals surface area contributed by atoms with Gasteiger partial charge < -0.3 is 10.1 Å². The minimum absolute atomic E-state index is 0.305. The van der Waals surface area contributed by atoms with Gasteiger partial charge in [-0.15, -0.1) is 0 Å². The van der Waals surface area contributed by atoms with E-state index in [4.69, 9.17) is 4.74 Å². The summed E-state index contributed by atoms with van der Waals surface area (Å²) in [4.78, 5) is 33.0. The zero-order valence-corrected chi connectivity index (χ0v) is 16.1. The van der Waals surface area contributed by atoms with Crippen molar-refractivity contribution in [3.8, 4) is 0 Å². The van der Waals surface area contributed by atoms with Crippen LogP contribution in [0.3, 0.4) is 0 Å². The number of aromatic nitrogens is 2. The van der Waals surface area contributed by atoms with Crippen molar-refractivity contribution < 1.29 is 14.3 Å². The quantitative estimate of drug-likeness (QED) is 0.505. The highest BCUT2D eigenvalue weighted by atomic mass is 16.5. The first-order valence-electron chi connectivity index (χ1n) is 9.25. The fraction of sp³-hybridized carbons (Fsp3) is 0.273. The highest BCUT2D eigenvalue weighted by molar-refractivity contribution is 5.94. The number of rotatable bonds is 7. The molecule has 0 aliphatic rings. The van der Waals surface area contributed by atoms with Gasteiger partial charge in [-0.1, -0.05) is 30.3 Å². The molecule has 28 heavy (non-hydrogen) atoms. The standard InChI is InChI=1S/C22H23N3O3/c1-15-16(2)25-20-13-18(10-11-19(20)24-15)22(27)28-14-21(26)23-12-6-9-17-7-4-3-5-8-17/h3-5,7-8,10-11,13H,6,9,12,14H2,1-2H3,(H,23,26). The van der Waals surface area contributed by atoms with Crippen LogP contribution in [-0.2, 0) is 16.0 Å². The van der Waals surface area contributed by atoms with Crippen LogP contribution in [-0.4, -0.2) is 35.0 Å². The Balaban J connectivity index is 1.46. The highest BCUT2D eigenvalue weighted by Gasteiger charge is 2.12. The van der Waals surface area contributed by atoms with Crippen LogP contribution in [0, 0.1) is 13.8 Å². The second-order valence-corrected chi connectivity index (χ2v) is 6.61. The highest BCUT2D eigenvalue weighted by Crippen LogP contribution is 2.15. The van der Waals surface area contributed by atoms with E-state index in [1.54, 1.807) is 18.2 Å². The maximum absolute atomic E-state index is 12.2. The van der Waals surface area contributed by atoms with Crippen molar-refractivity contribution in [2.45, 2.75) is 26.7 Å². The van der Waals surface area contributed by atoms with E-state index in [1.807, 2.05) is 32.0 Å². The molecule has 1 heterocycles. The maximum Gasteiger partial charge on any atom is 0.338 e. The molecule has 6 nitrogen and oxygen atoms in total. The number of carbonyl (C=O) groups excluding carboxylic acids is 2. The van der Waals surface area contributed by atoms with E-state index in [1.165, 1.54) is 5.56 Å². The fourth-order valence-corrected chi connectivity index (χ4v) is 2.79. The number of nitrogens with one attached hydrogen (secondary N) is 1. The number of ether oxygens (including phenoxy) is 1. The van der Waals surface area contributed by atoms with Gasteiger partial charge in [0.25, 0.3) is 5.91 Å². The average Bonchev–Trinajstić information content (AvgIpc) is 2.70. The molecule has 0 aliphatic carbocycles. The van der Waals surface area contributed by atoms with Crippen LogP contribution in [0.25, 0.3) is 11.0 Å². The average molecular weight is 377 g/mol. The van der Waals surface area contributed by atoms with Crippen molar-refractivity contribution in [3.05, 3.63) is 71.0 Å². The van der Waals surface area contributed by atoms with E-state index >= 15 is 0 Å². The predicted octanol–water partition coefficient (Wildman–Crippen LogP) is 3.15. The summed E-state index contributed by atoms with van der Waals surface area (Å²) in [6, 6.07) is 15.1. The summed E-state index contributed by atoms with van der Waals surface area (Å²) < 4.78 is 5.11. The van der Waals surface area contributed by atoms with Gasteiger partial charge in [0.05, 0.1) is 28.0 Å². The molecular formula is C22H23N3O3. The number of esters is 1. The van der Waals surface area contributed by atoms with Crippen LogP contribution in [0.4, 0.5) is 0 Å². The van der Waals surface area contributed by atoms with E-state index in [2.05, 4.69) is 27.4 Å². The molecule has 0 radical (unpaired) electrons. The van der Waals surface area contributed by atoms with E-state index in [0.717, 1.165) is 29.7 Å². The minimum Gasteiger partial charge on any atom is -0.452 e. The molecule has 0 spiro atoms. The molecular weight excluding hydrogens is 354 g/mol. The summed E-state index contributed by atoms with van der Waals surface area (Å²) in [7, 11) is 0. The van der Waals surface area contributed by atoms with Crippen molar-refractivity contribution in [1.82, 2.24) is 15.3 Å². The van der Waals surface area contributed by atoms with Crippen LogP contribution in [0.1, 0.15) is 33.7 Å². The number of hydrogen-bond acceptors (Lipinski definition) is 5. The van der Waals surface area contributed by atoms with Crippen molar-refractivity contribution in [2.24, 2.45) is 0 Å². The monoisotopic (exact) mass is 377 g/mol. The number of aryl methyl sites for hydroxylation is 3. The first-order chi connectivity index (χ1) is 13.5. The van der Waals surface area contributed by atoms with Gasteiger partial charge in [-0.3, -0.25) is 4.79 Å². The Labute approximate surface area is 164 Å². The van der Waals surface area contributed by atoms with E-state index in [-0.39, 0.29) is 12.5 Å². The Morgan fingerprint density at radius 1 is 0.964 bits per heavy atom. The van der Waals surface area contributed by atoms with Crippen molar-refractivity contribution in [2.75, 3.05) is 13.2 Å². The molecule has 1 amide bonds. The topological polar surface area (TPSA) is 81.2 Å². The summed E-state index contributed by atoms with van der Waals surface area (Å²) in [5.74, 6) is -0.866. The molecule has 2 aromatic carbocycles. The zero-order valence-electron chi connectivity index (χ0n) is 16.1. The molecule has 3 aromatic rings. The van der Waals surface area contributed by atoms with Gasteiger partial charge in [-0.05, 0) is 50.5 Å². The van der Waals surface area contributed by atoms with Gasteiger partial charge in [-0.2, -0.15) is 0 Å². The molecule has 0 bridgehead atoms. The molecule has 1 N–H and O–H groups in total. The first kappa shape index (κ1) is 19.5. The number of benzene rings is 2. The van der Waals surface area contributed by atoms with Crippen LogP contribution in [0.2, 0.25) is 0 Å². The lowest BCUT2D eigenvalue weighted by Gasteiger charge is -2.08. The molecule has 6 heteroatoms. The predicted molar refractivity (Wildman–Crippen MR) is 107 cm³/mol. The van der Waals surface area contributed by atoms with Crippen LogP contribution >= 0.6 is 0 Å². The van der Waals surface area contributed by atoms with E-state index in [9.17, 15) is 9.59 Å². The normalized spacial score (nSPS) is 10.6. The second-order valence-electron chi connectivity index (χ2n) is 6.61. The van der Waals surface area contributed by atoms with Gasteiger partial charge in [-0.25, -0.2) is 14.8 Å². The molecule has 0 unspecified atom stereocenters. The summed E-state index contributed by atoms with van der Waals surface area (Å²) in [5.41, 5.74) is 4.59. The lowest BCUT2D eigenvalue weighted by atomic mass is 10.1. The summed E-state index contributed by atoms with van der Waals surface area (Å²) >= 11 is 0. The molecule has 0 atom stereocenters. The van der Waals surface area contributed by atoms with E-state index < -0.39 is 5.97 Å². The zero-order chi connectivity index (χ0) is 19.9. The van der Waals surface area contributed by atoms with E-state index in [0.29, 0.717) is 17.6 Å². The van der Waals surface area contributed by atoms with Gasteiger partial charge in [0.2, 0.25) is 0 Å². The minimum atomic E-state index is -0.554. The number of nitrogens with zero attached hydrogens (tertiary/aromatic N) is 2. The summed E-state index contributed by atoms with van der Waals surface area (Å²) in [6.45, 7) is 3.99. The van der Waals surface area contributed by atoms with Gasteiger partial charge in [0, 0.05) is 6.54 Å². The summed E-state index contributed by atoms with van der Waals surface area (Å²) in [5, 5.41) is 2.76. The van der Waals surface area contributed by atoms with Crippen molar-refractivity contribution in [1.29, 1.82) is 0 Å². The third-order valence-corrected chi connectivity index (χ3v) is 4.45. The second kappa shape index (κ2) is 9.08. The Kier molecular flexibility index (Phi) is 6.32. The van der Waals surface area contributed by atoms with Crippen molar-refractivity contribution >= 4 is 22.9 Å². The molecule has 1 aromatic heterocycles. The smallest absolute Gasteiger partial charge is 0.338 e. The molecule has 0 aliphatic heterocycles. The molecule has 144 valence electrons. The molecule has 3 rings (SSSR count). The van der Waals surface area contributed by atoms with Gasteiger partial charge in [0.1, 0.15) is 0 Å². The molecule has 0 saturated carbocycles. The SMILES string of the molecule is Cc1nc2ccc(C(=O)OCC(=O)NCCCc3ccccc3)cc2nc1C.